The number of anilines is 1. The number of nitro benzene ring substituents is 1. The molecule has 4 fully saturated rings. The maximum atomic E-state index is 13.0. The summed E-state index contributed by atoms with van der Waals surface area (Å²) in [6.45, 7) is 12.2. The zero-order chi connectivity index (χ0) is 46.8. The van der Waals surface area contributed by atoms with Gasteiger partial charge in [-0.2, -0.15) is 0 Å². The van der Waals surface area contributed by atoms with E-state index in [-0.39, 0.29) is 66.7 Å². The molecule has 1 saturated heterocycles. The summed E-state index contributed by atoms with van der Waals surface area (Å²) in [5.41, 5.74) is 3.33. The number of benzene rings is 1. The minimum atomic E-state index is -0.981. The third kappa shape index (κ3) is 10.1. The van der Waals surface area contributed by atoms with Gasteiger partial charge in [-0.15, -0.1) is 0 Å². The molecule has 1 aliphatic heterocycles. The number of aliphatic hydroxyl groups excluding tert-OH is 1. The molecule has 11 atom stereocenters. The summed E-state index contributed by atoms with van der Waals surface area (Å²) in [5.74, 6) is 3.78. The van der Waals surface area contributed by atoms with Crippen molar-refractivity contribution >= 4 is 40.7 Å². The Morgan fingerprint density at radius 3 is 2.55 bits per heavy atom. The zero-order valence-corrected chi connectivity index (χ0v) is 39.2. The fourth-order valence-electron chi connectivity index (χ4n) is 12.9. The highest BCUT2D eigenvalue weighted by Crippen LogP contribution is 2.67. The number of carbonyl (C=O) groups excluding carboxylic acids is 3. The number of rotatable bonds is 17. The van der Waals surface area contributed by atoms with E-state index < -0.39 is 41.4 Å². The van der Waals surface area contributed by atoms with Crippen LogP contribution in [-0.4, -0.2) is 79.1 Å². The van der Waals surface area contributed by atoms with Gasteiger partial charge in [0.25, 0.3) is 5.69 Å². The lowest BCUT2D eigenvalue weighted by atomic mass is 9.47. The maximum absolute atomic E-state index is 13.0. The van der Waals surface area contributed by atoms with Gasteiger partial charge < -0.3 is 24.1 Å². The topological polar surface area (TPSA) is 207 Å². The molecule has 358 valence electrons. The van der Waals surface area contributed by atoms with Crippen LogP contribution in [0.4, 0.5) is 16.3 Å². The molecule has 3 aromatic rings. The van der Waals surface area contributed by atoms with Gasteiger partial charge >= 0.3 is 18.0 Å². The number of fused-ring (bicyclic) bond motifs is 6. The van der Waals surface area contributed by atoms with Crippen LogP contribution in [0.5, 0.6) is 0 Å². The van der Waals surface area contributed by atoms with E-state index in [1.807, 2.05) is 0 Å². The van der Waals surface area contributed by atoms with Crippen molar-refractivity contribution in [1.82, 2.24) is 19.5 Å². The lowest BCUT2D eigenvalue weighted by Crippen LogP contribution is -2.51. The summed E-state index contributed by atoms with van der Waals surface area (Å²) in [6.07, 6.45) is 15.2. The molecule has 4 aliphatic carbocycles. The van der Waals surface area contributed by atoms with Gasteiger partial charge in [0.05, 0.1) is 36.8 Å². The zero-order valence-electron chi connectivity index (χ0n) is 39.2. The number of nitro groups is 1. The molecule has 0 radical (unpaired) electrons. The van der Waals surface area contributed by atoms with Crippen molar-refractivity contribution in [2.45, 2.75) is 155 Å². The van der Waals surface area contributed by atoms with E-state index in [0.29, 0.717) is 17.8 Å². The van der Waals surface area contributed by atoms with Crippen molar-refractivity contribution in [3.05, 3.63) is 64.2 Å². The van der Waals surface area contributed by atoms with Crippen LogP contribution < -0.4 is 5.32 Å². The number of amides is 1. The molecule has 66 heavy (non-hydrogen) atoms. The van der Waals surface area contributed by atoms with Crippen LogP contribution in [-0.2, 0) is 35.0 Å². The molecule has 16 heteroatoms. The van der Waals surface area contributed by atoms with E-state index in [2.05, 4.69) is 61.0 Å². The van der Waals surface area contributed by atoms with Crippen molar-refractivity contribution in [2.75, 3.05) is 18.5 Å². The fourth-order valence-corrected chi connectivity index (χ4v) is 12.9. The molecular weight excluding hydrogens is 845 g/mol. The highest BCUT2D eigenvalue weighted by atomic mass is 16.6. The molecule has 8 rings (SSSR count). The highest BCUT2D eigenvalue weighted by molar-refractivity contribution is 5.93. The minimum absolute atomic E-state index is 0.0166. The number of aromatic nitrogens is 4. The number of hydrogen-bond acceptors (Lipinski definition) is 13. The molecule has 1 amide bonds. The van der Waals surface area contributed by atoms with Crippen LogP contribution in [0.3, 0.4) is 0 Å². The van der Waals surface area contributed by atoms with Gasteiger partial charge in [-0.3, -0.25) is 29.6 Å². The predicted molar refractivity (Wildman–Crippen MR) is 245 cm³/mol. The molecule has 16 nitrogen and oxygen atoms in total. The van der Waals surface area contributed by atoms with Gasteiger partial charge in [0.2, 0.25) is 0 Å². The average molecular weight is 913 g/mol. The number of non-ortho nitro benzene ring substituents is 1. The summed E-state index contributed by atoms with van der Waals surface area (Å²) < 4.78 is 24.3. The largest absolute Gasteiger partial charge is 0.463 e. The lowest BCUT2D eigenvalue weighted by Gasteiger charge is -2.58. The van der Waals surface area contributed by atoms with E-state index in [0.717, 1.165) is 60.8 Å². The fraction of sp³-hybridized carbons (Fsp3) is 0.680. The van der Waals surface area contributed by atoms with Crippen LogP contribution >= 0.6 is 0 Å². The Labute approximate surface area is 387 Å². The first-order valence-corrected chi connectivity index (χ1v) is 24.4. The predicted octanol–water partition coefficient (Wildman–Crippen LogP) is 9.45. The summed E-state index contributed by atoms with van der Waals surface area (Å²) in [6, 6.07) is 5.97. The number of aliphatic hydroxyl groups is 1. The van der Waals surface area contributed by atoms with Crippen LogP contribution in [0, 0.1) is 56.5 Å². The quantitative estimate of drug-likeness (QED) is 0.0426. The van der Waals surface area contributed by atoms with Crippen LogP contribution in [0.15, 0.2) is 48.6 Å². The molecule has 2 aromatic heterocycles. The van der Waals surface area contributed by atoms with E-state index >= 15 is 0 Å². The summed E-state index contributed by atoms with van der Waals surface area (Å²) >= 11 is 0. The number of ether oxygens (including phenoxy) is 4. The van der Waals surface area contributed by atoms with Crippen molar-refractivity contribution in [2.24, 2.45) is 46.3 Å². The number of carbonyl (C=O) groups is 3. The third-order valence-electron chi connectivity index (χ3n) is 16.3. The molecule has 0 bridgehead atoms. The minimum Gasteiger partial charge on any atom is -0.463 e. The third-order valence-corrected chi connectivity index (χ3v) is 16.3. The Morgan fingerprint density at radius 2 is 1.77 bits per heavy atom. The molecule has 4 unspecified atom stereocenters. The van der Waals surface area contributed by atoms with Crippen molar-refractivity contribution in [3.8, 4) is 0 Å². The Balaban J connectivity index is 0.760. The van der Waals surface area contributed by atoms with Crippen LogP contribution in [0.1, 0.15) is 136 Å². The molecule has 3 heterocycles. The standard InChI is InChI=1S/C50H68N6O10/c1-30(2)7-6-8-31(3)38-15-16-39-37-14-11-33-25-35(19-22-49(33,4)40(37)20-23-50(38,39)5)65-43(59)18-17-42(58)64-27-36-26-41(57)47(66-36)55-29-53-44-45(51-28-52-46(44)55)54-48(60)63-24-21-32-9-12-34(13-10-32)56(61)62/h9-13,28-31,35-41,47,57H,6-8,14-27H2,1-5H3,(H,51,52,54,60)/t31-,35?,36+,37?,38-,39?,40?,41-,47-,49+,50-/m1/s1. The second-order valence-corrected chi connectivity index (χ2v) is 20.8. The number of hydrogen-bond donors (Lipinski definition) is 2. The Hall–Kier alpha value is -4.96. The first-order valence-electron chi connectivity index (χ1n) is 24.4. The molecule has 2 N–H and O–H groups in total. The second-order valence-electron chi connectivity index (χ2n) is 20.8. The SMILES string of the molecule is CC(C)CCC[C@@H](C)[C@H]1CCC2C3CC=C4CC(OC(=O)CCC(=O)OC[C@@H]5C[C@@H](O)[C@H](n6cnc7c(NC(=O)OCCc8ccc([N+](=O)[O-])cc8)ncnc76)O5)CC[C@]4(C)C3CC[C@@]21C. The van der Waals surface area contributed by atoms with Crippen molar-refractivity contribution in [3.63, 3.8) is 0 Å². The maximum Gasteiger partial charge on any atom is 0.412 e. The number of esters is 2. The van der Waals surface area contributed by atoms with Gasteiger partial charge in [-0.1, -0.05) is 77.7 Å². The lowest BCUT2D eigenvalue weighted by molar-refractivity contribution is -0.384. The van der Waals surface area contributed by atoms with Gasteiger partial charge in [0, 0.05) is 31.4 Å². The molecule has 5 aliphatic rings. The molecule has 3 saturated carbocycles. The number of imidazole rings is 1. The summed E-state index contributed by atoms with van der Waals surface area (Å²) in [4.78, 5) is 61.6. The molecule has 1 aromatic carbocycles. The molecule has 0 spiro atoms. The first-order chi connectivity index (χ1) is 31.6. The van der Waals surface area contributed by atoms with Gasteiger partial charge in [0.15, 0.2) is 23.2 Å². The number of nitrogens with one attached hydrogen (secondary N) is 1. The first kappa shape index (κ1) is 47.5. The van der Waals surface area contributed by atoms with Crippen LogP contribution in [0.2, 0.25) is 0 Å². The Kier molecular flexibility index (Phi) is 14.5. The van der Waals surface area contributed by atoms with E-state index in [1.54, 1.807) is 12.1 Å². The summed E-state index contributed by atoms with van der Waals surface area (Å²) in [7, 11) is 0. The number of allylic oxidation sites excluding steroid dienone is 1. The smallest absolute Gasteiger partial charge is 0.412 e. The Bertz CT molecular complexity index is 2260. The van der Waals surface area contributed by atoms with Gasteiger partial charge in [-0.25, -0.2) is 19.7 Å². The van der Waals surface area contributed by atoms with Crippen molar-refractivity contribution in [1.29, 1.82) is 0 Å². The van der Waals surface area contributed by atoms with E-state index in [1.165, 1.54) is 79.9 Å². The summed E-state index contributed by atoms with van der Waals surface area (Å²) in [5, 5.41) is 24.4. The molecular formula is C50H68N6O10. The van der Waals surface area contributed by atoms with E-state index in [9.17, 15) is 29.6 Å². The number of nitrogens with zero attached hydrogens (tertiary/aromatic N) is 5. The van der Waals surface area contributed by atoms with Gasteiger partial charge in [0.1, 0.15) is 25.1 Å². The van der Waals surface area contributed by atoms with Gasteiger partial charge in [-0.05, 0) is 96.8 Å². The second kappa shape index (κ2) is 20.1. The monoisotopic (exact) mass is 912 g/mol. The Morgan fingerprint density at radius 1 is 0.985 bits per heavy atom. The van der Waals surface area contributed by atoms with Crippen molar-refractivity contribution < 1.29 is 43.4 Å². The van der Waals surface area contributed by atoms with Crippen LogP contribution in [0.25, 0.3) is 11.2 Å². The normalized spacial score (nSPS) is 30.7. The highest BCUT2D eigenvalue weighted by Gasteiger charge is 2.59. The average Bonchev–Trinajstić information content (AvgIpc) is 3.99. The van der Waals surface area contributed by atoms with E-state index in [4.69, 9.17) is 18.9 Å².